The molecule has 0 aliphatic carbocycles. The van der Waals surface area contributed by atoms with E-state index in [-0.39, 0.29) is 5.91 Å². The van der Waals surface area contributed by atoms with Crippen molar-refractivity contribution in [1.82, 2.24) is 4.72 Å². The lowest BCUT2D eigenvalue weighted by molar-refractivity contribution is 0.103. The molecule has 0 aliphatic heterocycles. The molecule has 28 heavy (non-hydrogen) atoms. The zero-order chi connectivity index (χ0) is 20.0. The molecule has 3 rings (SSSR count). The lowest BCUT2D eigenvalue weighted by Crippen LogP contribution is -2.24. The maximum absolute atomic E-state index is 12.7. The van der Waals surface area contributed by atoms with Crippen LogP contribution in [0.2, 0.25) is 0 Å². The SMILES string of the molecule is CS(=O)(=O)NCCc1ccc(C(=O)Nc2ccccc2Cc2ccccc2)s1. The van der Waals surface area contributed by atoms with Gasteiger partial charge in [0.25, 0.3) is 5.91 Å². The molecule has 5 nitrogen and oxygen atoms in total. The second-order valence-corrected chi connectivity index (χ2v) is 9.46. The second kappa shape index (κ2) is 9.14. The molecule has 146 valence electrons. The summed E-state index contributed by atoms with van der Waals surface area (Å²) in [5.74, 6) is -0.159. The molecule has 0 radical (unpaired) electrons. The smallest absolute Gasteiger partial charge is 0.265 e. The maximum atomic E-state index is 12.7. The number of hydrogen-bond donors (Lipinski definition) is 2. The maximum Gasteiger partial charge on any atom is 0.265 e. The van der Waals surface area contributed by atoms with E-state index in [9.17, 15) is 13.2 Å². The normalized spacial score (nSPS) is 11.3. The van der Waals surface area contributed by atoms with E-state index in [1.54, 1.807) is 6.07 Å². The van der Waals surface area contributed by atoms with Crippen LogP contribution in [0.25, 0.3) is 0 Å². The molecule has 0 spiro atoms. The quantitative estimate of drug-likeness (QED) is 0.590. The van der Waals surface area contributed by atoms with Gasteiger partial charge in [0.2, 0.25) is 10.0 Å². The van der Waals surface area contributed by atoms with Crippen molar-refractivity contribution in [1.29, 1.82) is 0 Å². The minimum atomic E-state index is -3.20. The van der Waals surface area contributed by atoms with E-state index in [0.29, 0.717) is 17.8 Å². The van der Waals surface area contributed by atoms with Crippen LogP contribution >= 0.6 is 11.3 Å². The average Bonchev–Trinajstić information content (AvgIpc) is 3.12. The molecule has 0 unspecified atom stereocenters. The van der Waals surface area contributed by atoms with Crippen molar-refractivity contribution >= 4 is 33.0 Å². The average molecular weight is 415 g/mol. The minimum absolute atomic E-state index is 0.159. The molecule has 0 saturated carbocycles. The highest BCUT2D eigenvalue weighted by Crippen LogP contribution is 2.22. The Balaban J connectivity index is 1.65. The Kier molecular flexibility index (Phi) is 6.61. The van der Waals surface area contributed by atoms with Crippen LogP contribution in [0.3, 0.4) is 0 Å². The molecular weight excluding hydrogens is 392 g/mol. The van der Waals surface area contributed by atoms with Gasteiger partial charge in [-0.25, -0.2) is 13.1 Å². The topological polar surface area (TPSA) is 75.3 Å². The van der Waals surface area contributed by atoms with Gasteiger partial charge < -0.3 is 5.32 Å². The molecule has 2 N–H and O–H groups in total. The van der Waals surface area contributed by atoms with Gasteiger partial charge in [-0.3, -0.25) is 4.79 Å². The lowest BCUT2D eigenvalue weighted by Gasteiger charge is -2.10. The Labute approximate surface area is 169 Å². The number of amides is 1. The van der Waals surface area contributed by atoms with Crippen LogP contribution in [-0.4, -0.2) is 27.1 Å². The predicted octanol–water partition coefficient (Wildman–Crippen LogP) is 3.68. The third-order valence-corrected chi connectivity index (χ3v) is 6.00. The van der Waals surface area contributed by atoms with E-state index < -0.39 is 10.0 Å². The summed E-state index contributed by atoms with van der Waals surface area (Å²) in [4.78, 5) is 14.2. The minimum Gasteiger partial charge on any atom is -0.321 e. The highest BCUT2D eigenvalue weighted by Gasteiger charge is 2.12. The number of hydrogen-bond acceptors (Lipinski definition) is 4. The van der Waals surface area contributed by atoms with Crippen molar-refractivity contribution in [3.05, 3.63) is 87.6 Å². The van der Waals surface area contributed by atoms with Crippen molar-refractivity contribution in [3.63, 3.8) is 0 Å². The van der Waals surface area contributed by atoms with Gasteiger partial charge in [-0.1, -0.05) is 48.5 Å². The molecular formula is C21H22N2O3S2. The molecule has 1 heterocycles. The first-order chi connectivity index (χ1) is 13.4. The Morgan fingerprint density at radius 2 is 1.68 bits per heavy atom. The molecule has 1 amide bonds. The van der Waals surface area contributed by atoms with Crippen LogP contribution in [-0.2, 0) is 22.9 Å². The third-order valence-electron chi connectivity index (χ3n) is 4.12. The van der Waals surface area contributed by atoms with E-state index in [0.717, 1.165) is 28.8 Å². The number of nitrogens with one attached hydrogen (secondary N) is 2. The van der Waals surface area contributed by atoms with Crippen molar-refractivity contribution < 1.29 is 13.2 Å². The zero-order valence-electron chi connectivity index (χ0n) is 15.5. The van der Waals surface area contributed by atoms with Crippen molar-refractivity contribution in [2.75, 3.05) is 18.1 Å². The zero-order valence-corrected chi connectivity index (χ0v) is 17.1. The van der Waals surface area contributed by atoms with Gasteiger partial charge >= 0.3 is 0 Å². The second-order valence-electron chi connectivity index (χ2n) is 6.46. The van der Waals surface area contributed by atoms with Crippen molar-refractivity contribution in [2.45, 2.75) is 12.8 Å². The first-order valence-electron chi connectivity index (χ1n) is 8.87. The van der Waals surface area contributed by atoms with Crippen LogP contribution in [0, 0.1) is 0 Å². The molecule has 2 aromatic carbocycles. The van der Waals surface area contributed by atoms with Crippen LogP contribution in [0.15, 0.2) is 66.7 Å². The monoisotopic (exact) mass is 414 g/mol. The van der Waals surface area contributed by atoms with Gasteiger partial charge in [-0.15, -0.1) is 11.3 Å². The van der Waals surface area contributed by atoms with Crippen LogP contribution < -0.4 is 10.0 Å². The van der Waals surface area contributed by atoms with E-state index in [1.165, 1.54) is 16.9 Å². The van der Waals surface area contributed by atoms with Crippen LogP contribution in [0.5, 0.6) is 0 Å². The summed E-state index contributed by atoms with van der Waals surface area (Å²) in [5, 5.41) is 3.00. The lowest BCUT2D eigenvalue weighted by atomic mass is 10.0. The number of carbonyl (C=O) groups excluding carboxylic acids is 1. The van der Waals surface area contributed by atoms with E-state index in [2.05, 4.69) is 22.2 Å². The number of rotatable bonds is 8. The first-order valence-corrected chi connectivity index (χ1v) is 11.6. The molecule has 0 bridgehead atoms. The fourth-order valence-corrected chi connectivity index (χ4v) is 4.17. The number of sulfonamides is 1. The van der Waals surface area contributed by atoms with Crippen molar-refractivity contribution in [3.8, 4) is 0 Å². The van der Waals surface area contributed by atoms with Gasteiger partial charge in [0.05, 0.1) is 11.1 Å². The van der Waals surface area contributed by atoms with Gasteiger partial charge in [-0.2, -0.15) is 0 Å². The Bertz CT molecular complexity index is 1040. The highest BCUT2D eigenvalue weighted by atomic mass is 32.2. The number of carbonyl (C=O) groups is 1. The molecule has 0 saturated heterocycles. The van der Waals surface area contributed by atoms with Gasteiger partial charge in [0, 0.05) is 17.1 Å². The Morgan fingerprint density at radius 1 is 0.964 bits per heavy atom. The summed E-state index contributed by atoms with van der Waals surface area (Å²) in [6.45, 7) is 0.320. The van der Waals surface area contributed by atoms with Gasteiger partial charge in [-0.05, 0) is 42.2 Å². The Morgan fingerprint density at radius 3 is 2.43 bits per heavy atom. The molecule has 7 heteroatoms. The number of benzene rings is 2. The highest BCUT2D eigenvalue weighted by molar-refractivity contribution is 7.88. The third kappa shape index (κ3) is 6.02. The van der Waals surface area contributed by atoms with Gasteiger partial charge in [0.15, 0.2) is 0 Å². The summed E-state index contributed by atoms with van der Waals surface area (Å²) >= 11 is 1.37. The summed E-state index contributed by atoms with van der Waals surface area (Å²) in [7, 11) is -3.20. The molecule has 1 aromatic heterocycles. The van der Waals surface area contributed by atoms with Crippen molar-refractivity contribution in [2.24, 2.45) is 0 Å². The molecule has 0 aliphatic rings. The summed E-state index contributed by atoms with van der Waals surface area (Å²) in [6, 6.07) is 21.5. The van der Waals surface area contributed by atoms with E-state index in [1.807, 2.05) is 48.5 Å². The van der Waals surface area contributed by atoms with Crippen LogP contribution in [0.1, 0.15) is 25.7 Å². The fourth-order valence-electron chi connectivity index (χ4n) is 2.79. The Hall–Kier alpha value is -2.48. The van der Waals surface area contributed by atoms with E-state index in [4.69, 9.17) is 0 Å². The largest absolute Gasteiger partial charge is 0.321 e. The summed E-state index contributed by atoms with van der Waals surface area (Å²) < 4.78 is 24.7. The van der Waals surface area contributed by atoms with Gasteiger partial charge in [0.1, 0.15) is 0 Å². The molecule has 3 aromatic rings. The summed E-state index contributed by atoms with van der Waals surface area (Å²) in [5.41, 5.74) is 3.03. The number of para-hydroxylation sites is 1. The fraction of sp³-hybridized carbons (Fsp3) is 0.190. The number of anilines is 1. The number of thiophene rings is 1. The predicted molar refractivity (Wildman–Crippen MR) is 115 cm³/mol. The molecule has 0 fully saturated rings. The van der Waals surface area contributed by atoms with Crippen LogP contribution in [0.4, 0.5) is 5.69 Å². The molecule has 0 atom stereocenters. The first kappa shape index (κ1) is 20.3. The van der Waals surface area contributed by atoms with E-state index >= 15 is 0 Å². The standard InChI is InChI=1S/C21H22N2O3S2/c1-28(25,26)22-14-13-18-11-12-20(27-18)21(24)23-19-10-6-5-9-17(19)15-16-7-3-2-4-8-16/h2-12,22H,13-15H2,1H3,(H,23,24). The summed E-state index contributed by atoms with van der Waals surface area (Å²) in [6.07, 6.45) is 2.42.